The van der Waals surface area contributed by atoms with Gasteiger partial charge >= 0.3 is 6.09 Å². The van der Waals surface area contributed by atoms with Gasteiger partial charge in [0.25, 0.3) is 11.6 Å². The Morgan fingerprint density at radius 1 is 1.26 bits per heavy atom. The number of para-hydroxylation sites is 2. The molecule has 14 nitrogen and oxygen atoms in total. The first kappa shape index (κ1) is 29.1. The summed E-state index contributed by atoms with van der Waals surface area (Å²) >= 11 is 0. The van der Waals surface area contributed by atoms with Crippen molar-refractivity contribution in [2.24, 2.45) is 0 Å². The number of nitro groups is 1. The van der Waals surface area contributed by atoms with Gasteiger partial charge in [0.15, 0.2) is 4.90 Å². The van der Waals surface area contributed by atoms with Crippen LogP contribution in [0, 0.1) is 15.9 Å². The predicted octanol–water partition coefficient (Wildman–Crippen LogP) is 4.17. The van der Waals surface area contributed by atoms with E-state index in [1.165, 1.54) is 28.9 Å². The Labute approximate surface area is 239 Å². The molecule has 0 aliphatic heterocycles. The average molecular weight is 602 g/mol. The quantitative estimate of drug-likeness (QED) is 0.143. The monoisotopic (exact) mass is 601 g/mol. The molecule has 0 bridgehead atoms. The third-order valence-corrected chi connectivity index (χ3v) is 9.20. The summed E-state index contributed by atoms with van der Waals surface area (Å²) in [5.74, 6) is -0.542. The second-order valence-electron chi connectivity index (χ2n) is 10.3. The van der Waals surface area contributed by atoms with Crippen molar-refractivity contribution >= 4 is 32.7 Å². The first-order valence-electron chi connectivity index (χ1n) is 13.2. The molecule has 42 heavy (non-hydrogen) atoms. The van der Waals surface area contributed by atoms with E-state index in [0.29, 0.717) is 11.1 Å². The molecule has 1 aliphatic rings. The van der Waals surface area contributed by atoms with Crippen LogP contribution in [0.3, 0.4) is 0 Å². The lowest BCUT2D eigenvalue weighted by Crippen LogP contribution is -2.48. The number of halogens is 1. The maximum absolute atomic E-state index is 14.8. The summed E-state index contributed by atoms with van der Waals surface area (Å²) in [5.41, 5.74) is 0.340. The molecule has 222 valence electrons. The summed E-state index contributed by atoms with van der Waals surface area (Å²) in [7, 11) is -4.32. The fraction of sp³-hybridized carbons (Fsp3) is 0.385. The summed E-state index contributed by atoms with van der Waals surface area (Å²) in [5, 5.41) is 31.8. The Morgan fingerprint density at radius 2 is 2.00 bits per heavy atom. The molecule has 0 spiro atoms. The molecular weight excluding hydrogens is 573 g/mol. The molecule has 2 aromatic heterocycles. The molecule has 1 fully saturated rings. The summed E-state index contributed by atoms with van der Waals surface area (Å²) in [6.07, 6.45) is -0.545. The minimum absolute atomic E-state index is 0.00580. The van der Waals surface area contributed by atoms with Crippen LogP contribution in [0.5, 0.6) is 0 Å². The van der Waals surface area contributed by atoms with Gasteiger partial charge in [-0.1, -0.05) is 38.1 Å². The van der Waals surface area contributed by atoms with Gasteiger partial charge in [-0.15, -0.1) is 0 Å². The van der Waals surface area contributed by atoms with Crippen LogP contribution < -0.4 is 5.32 Å². The van der Waals surface area contributed by atoms with Gasteiger partial charge in [-0.25, -0.2) is 17.6 Å². The number of carboxylic acid groups (broad SMARTS) is 1. The smallest absolute Gasteiger partial charge is 0.404 e. The van der Waals surface area contributed by atoms with Crippen LogP contribution in [0.25, 0.3) is 16.9 Å². The Hall–Kier alpha value is -4.44. The largest absolute Gasteiger partial charge is 0.465 e. The number of carbonyl (C=O) groups is 1. The molecule has 0 unspecified atom stereocenters. The van der Waals surface area contributed by atoms with E-state index < -0.39 is 43.5 Å². The van der Waals surface area contributed by atoms with E-state index in [-0.39, 0.29) is 61.5 Å². The van der Waals surface area contributed by atoms with Gasteiger partial charge in [-0.2, -0.15) is 19.1 Å². The number of nitro benzene ring substituents is 1. The number of sulfonamides is 1. The third-order valence-electron chi connectivity index (χ3n) is 7.20. The third kappa shape index (κ3) is 5.42. The molecule has 4 aromatic rings. The van der Waals surface area contributed by atoms with Gasteiger partial charge in [0, 0.05) is 36.5 Å². The van der Waals surface area contributed by atoms with E-state index in [9.17, 15) is 27.7 Å². The van der Waals surface area contributed by atoms with Crippen LogP contribution in [-0.2, 0) is 10.0 Å². The van der Waals surface area contributed by atoms with Crippen molar-refractivity contribution in [2.45, 2.75) is 55.9 Å². The summed E-state index contributed by atoms with van der Waals surface area (Å²) < 4.78 is 50.0. The zero-order valence-electron chi connectivity index (χ0n) is 22.7. The second kappa shape index (κ2) is 11.4. The maximum Gasteiger partial charge on any atom is 0.404 e. The van der Waals surface area contributed by atoms with Crippen molar-refractivity contribution in [3.63, 3.8) is 0 Å². The highest BCUT2D eigenvalue weighted by molar-refractivity contribution is 7.89. The minimum Gasteiger partial charge on any atom is -0.465 e. The van der Waals surface area contributed by atoms with Crippen LogP contribution in [0.2, 0.25) is 0 Å². The number of benzene rings is 2. The average Bonchev–Trinajstić information content (AvgIpc) is 3.55. The van der Waals surface area contributed by atoms with Crippen molar-refractivity contribution in [2.75, 3.05) is 13.1 Å². The summed E-state index contributed by atoms with van der Waals surface area (Å²) in [6, 6.07) is 9.21. The van der Waals surface area contributed by atoms with E-state index in [4.69, 9.17) is 9.63 Å². The number of nitrogens with one attached hydrogen (secondary N) is 1. The Kier molecular flexibility index (Phi) is 7.92. The minimum atomic E-state index is -4.32. The fourth-order valence-corrected chi connectivity index (χ4v) is 6.95. The van der Waals surface area contributed by atoms with Gasteiger partial charge < -0.3 is 14.9 Å². The lowest BCUT2D eigenvalue weighted by atomic mass is 9.80. The van der Waals surface area contributed by atoms with Gasteiger partial charge in [-0.3, -0.25) is 10.1 Å². The molecule has 0 radical (unpaired) electrons. The molecule has 1 saturated carbocycles. The number of fused-ring (bicyclic) bond motifs is 1. The number of amides is 1. The molecule has 0 saturated heterocycles. The van der Waals surface area contributed by atoms with E-state index in [0.717, 1.165) is 10.4 Å². The standard InChI is InChI=1S/C26H28FN7O7S/c1-15(2)22-18-7-5-8-19(27)23(18)33(30-22)25-29-24(41-31-25)16-13-17(14-16)32(12-6-11-28-26(35)36)42(39,40)21-10-4-3-9-20(21)34(37)38/h3-5,7-10,15-17,28H,6,11-14H2,1-2H3,(H,35,36). The zero-order valence-corrected chi connectivity index (χ0v) is 23.5. The highest BCUT2D eigenvalue weighted by Gasteiger charge is 2.44. The van der Waals surface area contributed by atoms with Crippen molar-refractivity contribution in [1.29, 1.82) is 0 Å². The van der Waals surface area contributed by atoms with Gasteiger partial charge in [-0.05, 0) is 42.5 Å². The normalized spacial score (nSPS) is 17.1. The van der Waals surface area contributed by atoms with Crippen LogP contribution in [0.15, 0.2) is 51.9 Å². The number of nitrogens with zero attached hydrogens (tertiary/aromatic N) is 6. The van der Waals surface area contributed by atoms with Gasteiger partial charge in [0.05, 0.1) is 10.6 Å². The molecule has 1 aliphatic carbocycles. The lowest BCUT2D eigenvalue weighted by molar-refractivity contribution is -0.387. The first-order chi connectivity index (χ1) is 20.0. The van der Waals surface area contributed by atoms with E-state index >= 15 is 0 Å². The maximum atomic E-state index is 14.8. The van der Waals surface area contributed by atoms with E-state index in [2.05, 4.69) is 20.6 Å². The van der Waals surface area contributed by atoms with Crippen LogP contribution >= 0.6 is 0 Å². The number of rotatable bonds is 11. The van der Waals surface area contributed by atoms with Crippen molar-refractivity contribution in [1.82, 2.24) is 29.5 Å². The molecule has 2 heterocycles. The molecule has 0 atom stereocenters. The molecule has 1 amide bonds. The van der Waals surface area contributed by atoms with Crippen molar-refractivity contribution in [3.8, 4) is 5.95 Å². The molecule has 2 N–H and O–H groups in total. The molecule has 16 heteroatoms. The highest BCUT2D eigenvalue weighted by atomic mass is 32.2. The second-order valence-corrected chi connectivity index (χ2v) is 12.1. The van der Waals surface area contributed by atoms with Crippen molar-refractivity contribution in [3.05, 3.63) is 70.0 Å². The Balaban J connectivity index is 1.39. The fourth-order valence-electron chi connectivity index (χ4n) is 5.11. The topological polar surface area (TPSA) is 187 Å². The van der Waals surface area contributed by atoms with Crippen LogP contribution in [-0.4, -0.2) is 67.9 Å². The highest BCUT2D eigenvalue weighted by Crippen LogP contribution is 2.42. The molecular formula is C26H28FN7O7S. The van der Waals surface area contributed by atoms with Crippen LogP contribution in [0.1, 0.15) is 56.5 Å². The number of hydrogen-bond acceptors (Lipinski definition) is 9. The van der Waals surface area contributed by atoms with Gasteiger partial charge in [0.2, 0.25) is 15.9 Å². The zero-order chi connectivity index (χ0) is 30.2. The van der Waals surface area contributed by atoms with Gasteiger partial charge in [0.1, 0.15) is 11.3 Å². The molecule has 5 rings (SSSR count). The van der Waals surface area contributed by atoms with E-state index in [1.54, 1.807) is 12.1 Å². The summed E-state index contributed by atoms with van der Waals surface area (Å²) in [4.78, 5) is 25.6. The Bertz CT molecular complexity index is 1750. The number of aromatic nitrogens is 4. The van der Waals surface area contributed by atoms with Crippen LogP contribution in [0.4, 0.5) is 14.9 Å². The first-order valence-corrected chi connectivity index (χ1v) is 14.7. The number of hydrogen-bond donors (Lipinski definition) is 2. The van der Waals surface area contributed by atoms with Crippen molar-refractivity contribution < 1.29 is 32.2 Å². The molecule has 2 aromatic carbocycles. The SMILES string of the molecule is CC(C)c1nn(-c2noc(C3CC(N(CCCNC(=O)O)S(=O)(=O)c4ccccc4[N+](=O)[O-])C3)n2)c2c(F)cccc12. The lowest BCUT2D eigenvalue weighted by Gasteiger charge is -2.40. The Morgan fingerprint density at radius 3 is 2.69 bits per heavy atom. The van der Waals surface area contributed by atoms with E-state index in [1.807, 2.05) is 13.8 Å². The summed E-state index contributed by atoms with van der Waals surface area (Å²) in [6.45, 7) is 3.80. The predicted molar refractivity (Wildman–Crippen MR) is 146 cm³/mol.